The predicted molar refractivity (Wildman–Crippen MR) is 75.5 cm³/mol. The first kappa shape index (κ1) is 13.6. The van der Waals surface area contributed by atoms with Crippen LogP contribution in [0.15, 0.2) is 12.3 Å². The van der Waals surface area contributed by atoms with E-state index in [0.29, 0.717) is 6.04 Å². The molecule has 0 spiro atoms. The van der Waals surface area contributed by atoms with E-state index in [1.165, 1.54) is 50.6 Å². The Morgan fingerprint density at radius 2 is 1.94 bits per heavy atom. The van der Waals surface area contributed by atoms with Gasteiger partial charge < -0.3 is 5.32 Å². The zero-order valence-electron chi connectivity index (χ0n) is 11.9. The molecule has 1 saturated carbocycles. The second-order valence-corrected chi connectivity index (χ2v) is 5.44. The standard InChI is InChI=1S/C15H27N3/c1-3-18-14(11-12-17-18)15(16-2)13-9-7-5-4-6-8-10-13/h11-13,15-16H,3-10H2,1-2H3. The number of hydrogen-bond acceptors (Lipinski definition) is 2. The van der Waals surface area contributed by atoms with E-state index in [-0.39, 0.29) is 0 Å². The van der Waals surface area contributed by atoms with E-state index >= 15 is 0 Å². The van der Waals surface area contributed by atoms with E-state index in [9.17, 15) is 0 Å². The van der Waals surface area contributed by atoms with Crippen molar-refractivity contribution in [3.05, 3.63) is 18.0 Å². The Bertz CT molecular complexity index is 337. The highest BCUT2D eigenvalue weighted by molar-refractivity contribution is 5.08. The maximum atomic E-state index is 4.42. The lowest BCUT2D eigenvalue weighted by Gasteiger charge is -2.29. The van der Waals surface area contributed by atoms with Crippen LogP contribution in [-0.2, 0) is 6.54 Å². The Kier molecular flexibility index (Phi) is 5.24. The predicted octanol–water partition coefficient (Wildman–Crippen LogP) is 3.52. The van der Waals surface area contributed by atoms with Gasteiger partial charge in [0.2, 0.25) is 0 Å². The van der Waals surface area contributed by atoms with Crippen molar-refractivity contribution in [2.45, 2.75) is 64.5 Å². The quantitative estimate of drug-likeness (QED) is 0.884. The third-order valence-corrected chi connectivity index (χ3v) is 4.30. The molecule has 0 saturated heterocycles. The number of aryl methyl sites for hydroxylation is 1. The van der Waals surface area contributed by atoms with Gasteiger partial charge in [-0.15, -0.1) is 0 Å². The molecule has 1 fully saturated rings. The Morgan fingerprint density at radius 1 is 1.28 bits per heavy atom. The summed E-state index contributed by atoms with van der Waals surface area (Å²) >= 11 is 0. The van der Waals surface area contributed by atoms with Crippen molar-refractivity contribution in [3.63, 3.8) is 0 Å². The maximum Gasteiger partial charge on any atom is 0.0556 e. The topological polar surface area (TPSA) is 29.9 Å². The van der Waals surface area contributed by atoms with E-state index in [0.717, 1.165) is 12.5 Å². The van der Waals surface area contributed by atoms with Gasteiger partial charge in [0.05, 0.1) is 11.7 Å². The van der Waals surface area contributed by atoms with Crippen LogP contribution in [0.2, 0.25) is 0 Å². The van der Waals surface area contributed by atoms with Gasteiger partial charge in [0.15, 0.2) is 0 Å². The second-order valence-electron chi connectivity index (χ2n) is 5.44. The van der Waals surface area contributed by atoms with Gasteiger partial charge in [0.25, 0.3) is 0 Å². The first-order valence-corrected chi connectivity index (χ1v) is 7.55. The highest BCUT2D eigenvalue weighted by atomic mass is 15.3. The van der Waals surface area contributed by atoms with Gasteiger partial charge in [-0.05, 0) is 38.8 Å². The summed E-state index contributed by atoms with van der Waals surface area (Å²) in [7, 11) is 2.09. The summed E-state index contributed by atoms with van der Waals surface area (Å²) in [5.41, 5.74) is 1.37. The van der Waals surface area contributed by atoms with Crippen LogP contribution in [0.1, 0.15) is 63.6 Å². The molecule has 1 aromatic rings. The van der Waals surface area contributed by atoms with Crippen LogP contribution in [0.5, 0.6) is 0 Å². The second kappa shape index (κ2) is 6.93. The average Bonchev–Trinajstić information content (AvgIpc) is 2.80. The molecule has 18 heavy (non-hydrogen) atoms. The molecule has 1 aliphatic rings. The minimum absolute atomic E-state index is 0.477. The molecule has 1 heterocycles. The van der Waals surface area contributed by atoms with Crippen molar-refractivity contribution in [1.82, 2.24) is 15.1 Å². The van der Waals surface area contributed by atoms with Gasteiger partial charge in [-0.2, -0.15) is 5.10 Å². The molecule has 1 aromatic heterocycles. The molecule has 2 rings (SSSR count). The van der Waals surface area contributed by atoms with Gasteiger partial charge >= 0.3 is 0 Å². The van der Waals surface area contributed by atoms with Crippen molar-refractivity contribution in [3.8, 4) is 0 Å². The highest BCUT2D eigenvalue weighted by Crippen LogP contribution is 2.32. The van der Waals surface area contributed by atoms with Crippen molar-refractivity contribution < 1.29 is 0 Å². The van der Waals surface area contributed by atoms with Gasteiger partial charge in [0, 0.05) is 12.7 Å². The lowest BCUT2D eigenvalue weighted by Crippen LogP contribution is -2.28. The summed E-state index contributed by atoms with van der Waals surface area (Å²) in [4.78, 5) is 0. The fourth-order valence-corrected chi connectivity index (χ4v) is 3.32. The smallest absolute Gasteiger partial charge is 0.0556 e. The molecular weight excluding hydrogens is 222 g/mol. The lowest BCUT2D eigenvalue weighted by atomic mass is 9.84. The zero-order chi connectivity index (χ0) is 12.8. The van der Waals surface area contributed by atoms with Crippen molar-refractivity contribution >= 4 is 0 Å². The molecule has 1 aliphatic carbocycles. The number of nitrogens with zero attached hydrogens (tertiary/aromatic N) is 2. The van der Waals surface area contributed by atoms with E-state index in [4.69, 9.17) is 0 Å². The molecular formula is C15H27N3. The Labute approximate surface area is 111 Å². The molecule has 0 aliphatic heterocycles. The van der Waals surface area contributed by atoms with Crippen LogP contribution in [0.3, 0.4) is 0 Å². The molecule has 1 unspecified atom stereocenters. The molecule has 3 heteroatoms. The van der Waals surface area contributed by atoms with E-state index in [1.54, 1.807) is 0 Å². The Balaban J connectivity index is 2.10. The number of rotatable bonds is 4. The van der Waals surface area contributed by atoms with Crippen LogP contribution < -0.4 is 5.32 Å². The van der Waals surface area contributed by atoms with Gasteiger partial charge in [-0.25, -0.2) is 0 Å². The normalized spacial score (nSPS) is 20.3. The van der Waals surface area contributed by atoms with Crippen LogP contribution in [0, 0.1) is 5.92 Å². The minimum atomic E-state index is 0.477. The monoisotopic (exact) mass is 249 g/mol. The first-order valence-electron chi connectivity index (χ1n) is 7.55. The van der Waals surface area contributed by atoms with E-state index < -0.39 is 0 Å². The molecule has 0 radical (unpaired) electrons. The molecule has 1 N–H and O–H groups in total. The van der Waals surface area contributed by atoms with Gasteiger partial charge in [0.1, 0.15) is 0 Å². The molecule has 3 nitrogen and oxygen atoms in total. The lowest BCUT2D eigenvalue weighted by molar-refractivity contribution is 0.288. The summed E-state index contributed by atoms with van der Waals surface area (Å²) in [6.45, 7) is 3.13. The molecule has 0 bridgehead atoms. The maximum absolute atomic E-state index is 4.42. The molecule has 1 atom stereocenters. The largest absolute Gasteiger partial charge is 0.311 e. The van der Waals surface area contributed by atoms with E-state index in [2.05, 4.69) is 35.1 Å². The fourth-order valence-electron chi connectivity index (χ4n) is 3.32. The Hall–Kier alpha value is -0.830. The van der Waals surface area contributed by atoms with Crippen LogP contribution in [0.25, 0.3) is 0 Å². The average molecular weight is 249 g/mol. The Morgan fingerprint density at radius 3 is 2.56 bits per heavy atom. The summed E-state index contributed by atoms with van der Waals surface area (Å²) in [6.07, 6.45) is 11.7. The molecule has 0 amide bonds. The highest BCUT2D eigenvalue weighted by Gasteiger charge is 2.24. The molecule has 102 valence electrons. The van der Waals surface area contributed by atoms with Gasteiger partial charge in [-0.3, -0.25) is 4.68 Å². The van der Waals surface area contributed by atoms with Crippen LogP contribution >= 0.6 is 0 Å². The van der Waals surface area contributed by atoms with Crippen LogP contribution in [0.4, 0.5) is 0 Å². The summed E-state index contributed by atoms with van der Waals surface area (Å²) < 4.78 is 2.14. The van der Waals surface area contributed by atoms with Gasteiger partial charge in [-0.1, -0.05) is 32.1 Å². The fraction of sp³-hybridized carbons (Fsp3) is 0.800. The molecule has 0 aromatic carbocycles. The van der Waals surface area contributed by atoms with Crippen molar-refractivity contribution in [2.75, 3.05) is 7.05 Å². The number of aromatic nitrogens is 2. The third kappa shape index (κ3) is 3.14. The first-order chi connectivity index (χ1) is 8.86. The summed E-state index contributed by atoms with van der Waals surface area (Å²) in [6, 6.07) is 2.66. The SMILES string of the molecule is CCn1nccc1C(NC)C1CCCCCCC1. The van der Waals surface area contributed by atoms with E-state index in [1.807, 2.05) is 6.20 Å². The van der Waals surface area contributed by atoms with Crippen LogP contribution in [-0.4, -0.2) is 16.8 Å². The third-order valence-electron chi connectivity index (χ3n) is 4.30. The summed E-state index contributed by atoms with van der Waals surface area (Å²) in [5, 5.41) is 7.95. The number of hydrogen-bond donors (Lipinski definition) is 1. The summed E-state index contributed by atoms with van der Waals surface area (Å²) in [5.74, 6) is 0.775. The number of nitrogens with one attached hydrogen (secondary N) is 1. The van der Waals surface area contributed by atoms with Crippen molar-refractivity contribution in [2.24, 2.45) is 5.92 Å². The zero-order valence-corrected chi connectivity index (χ0v) is 11.9. The minimum Gasteiger partial charge on any atom is -0.311 e. The van der Waals surface area contributed by atoms with Crippen molar-refractivity contribution in [1.29, 1.82) is 0 Å².